The third kappa shape index (κ3) is 3.26. The first kappa shape index (κ1) is 14.7. The van der Waals surface area contributed by atoms with Gasteiger partial charge in [0.2, 0.25) is 5.91 Å². The van der Waals surface area contributed by atoms with Crippen LogP contribution >= 0.6 is 0 Å². The summed E-state index contributed by atoms with van der Waals surface area (Å²) in [6.45, 7) is -0.763. The number of aromatic nitrogens is 3. The van der Waals surface area contributed by atoms with Crippen LogP contribution in [-0.2, 0) is 16.1 Å². The molecule has 0 saturated heterocycles. The van der Waals surface area contributed by atoms with Gasteiger partial charge in [-0.1, -0.05) is 6.07 Å². The number of aliphatic hydroxyl groups is 1. The number of hydrogen-bond donors (Lipinski definition) is 3. The Bertz CT molecular complexity index is 720. The van der Waals surface area contributed by atoms with Gasteiger partial charge < -0.3 is 15.5 Å². The number of carboxylic acids is 1. The first-order chi connectivity index (χ1) is 10.0. The average Bonchev–Trinajstić information content (AvgIpc) is 2.75. The highest BCUT2D eigenvalue weighted by atomic mass is 16.4. The molecule has 0 saturated carbocycles. The molecule has 2 rings (SSSR count). The predicted octanol–water partition coefficient (Wildman–Crippen LogP) is -1.55. The van der Waals surface area contributed by atoms with E-state index in [1.807, 2.05) is 0 Å². The molecule has 9 heteroatoms. The Balaban J connectivity index is 2.12. The maximum absolute atomic E-state index is 11.9. The monoisotopic (exact) mass is 294 g/mol. The van der Waals surface area contributed by atoms with Crippen LogP contribution in [0.4, 0.5) is 0 Å². The molecular weight excluding hydrogens is 280 g/mol. The highest BCUT2D eigenvalue weighted by Gasteiger charge is 2.20. The highest BCUT2D eigenvalue weighted by Crippen LogP contribution is 1.96. The summed E-state index contributed by atoms with van der Waals surface area (Å²) in [5.41, 5.74) is -0.102. The van der Waals surface area contributed by atoms with Crippen molar-refractivity contribution in [2.24, 2.45) is 0 Å². The molecule has 0 unspecified atom stereocenters. The Hall–Kier alpha value is -2.68. The average molecular weight is 294 g/mol. The van der Waals surface area contributed by atoms with Gasteiger partial charge in [-0.2, -0.15) is 0 Å². The molecule has 0 aromatic carbocycles. The highest BCUT2D eigenvalue weighted by molar-refractivity contribution is 5.83. The van der Waals surface area contributed by atoms with Crippen LogP contribution in [0.2, 0.25) is 0 Å². The molecule has 2 aromatic heterocycles. The molecule has 2 aromatic rings. The lowest BCUT2D eigenvalue weighted by Crippen LogP contribution is -2.43. The van der Waals surface area contributed by atoms with E-state index in [0.717, 1.165) is 4.68 Å². The van der Waals surface area contributed by atoms with Crippen LogP contribution in [0.25, 0.3) is 5.65 Å². The summed E-state index contributed by atoms with van der Waals surface area (Å²) in [4.78, 5) is 34.6. The maximum atomic E-state index is 11.9. The SMILES string of the molecule is O=C(Cn1nc2ccccn2c1=O)N[C@@H](CCO)C(=O)O. The summed E-state index contributed by atoms with van der Waals surface area (Å²) in [5.74, 6) is -1.92. The Kier molecular flexibility index (Phi) is 4.33. The number of nitrogens with zero attached hydrogens (tertiary/aromatic N) is 3. The zero-order valence-electron chi connectivity index (χ0n) is 11.0. The summed E-state index contributed by atoms with van der Waals surface area (Å²) in [6.07, 6.45) is 1.41. The number of aliphatic hydroxyl groups excluding tert-OH is 1. The van der Waals surface area contributed by atoms with Gasteiger partial charge in [-0.25, -0.2) is 14.3 Å². The molecule has 1 amide bonds. The van der Waals surface area contributed by atoms with E-state index in [1.165, 1.54) is 10.6 Å². The number of carbonyl (C=O) groups is 2. The molecule has 3 N–H and O–H groups in total. The van der Waals surface area contributed by atoms with Gasteiger partial charge in [-0.05, 0) is 12.1 Å². The van der Waals surface area contributed by atoms with Crippen molar-refractivity contribution >= 4 is 17.5 Å². The first-order valence-corrected chi connectivity index (χ1v) is 6.20. The van der Waals surface area contributed by atoms with Crippen molar-refractivity contribution in [3.63, 3.8) is 0 Å². The minimum atomic E-state index is -1.25. The Labute approximate surface area is 118 Å². The topological polar surface area (TPSA) is 126 Å². The summed E-state index contributed by atoms with van der Waals surface area (Å²) in [7, 11) is 0. The lowest BCUT2D eigenvalue weighted by Gasteiger charge is -2.12. The van der Waals surface area contributed by atoms with Crippen molar-refractivity contribution in [3.8, 4) is 0 Å². The molecule has 112 valence electrons. The number of rotatable bonds is 6. The summed E-state index contributed by atoms with van der Waals surface area (Å²) >= 11 is 0. The summed E-state index contributed by atoms with van der Waals surface area (Å²) in [6, 6.07) is 3.77. The van der Waals surface area contributed by atoms with Crippen molar-refractivity contribution in [3.05, 3.63) is 34.9 Å². The lowest BCUT2D eigenvalue weighted by molar-refractivity contribution is -0.142. The molecule has 1 atom stereocenters. The first-order valence-electron chi connectivity index (χ1n) is 6.20. The fourth-order valence-corrected chi connectivity index (χ4v) is 1.83. The van der Waals surface area contributed by atoms with Gasteiger partial charge in [0.1, 0.15) is 12.6 Å². The van der Waals surface area contributed by atoms with Gasteiger partial charge in [-0.15, -0.1) is 5.10 Å². The van der Waals surface area contributed by atoms with Crippen molar-refractivity contribution in [2.75, 3.05) is 6.61 Å². The number of fused-ring (bicyclic) bond motifs is 1. The third-order valence-corrected chi connectivity index (χ3v) is 2.83. The Morgan fingerprint density at radius 3 is 2.76 bits per heavy atom. The molecule has 0 fully saturated rings. The second-order valence-electron chi connectivity index (χ2n) is 4.34. The van der Waals surface area contributed by atoms with E-state index < -0.39 is 30.2 Å². The molecular formula is C12H14N4O5. The minimum absolute atomic E-state index is 0.110. The van der Waals surface area contributed by atoms with Gasteiger partial charge in [0.15, 0.2) is 5.65 Å². The summed E-state index contributed by atoms with van der Waals surface area (Å²) < 4.78 is 2.22. The van der Waals surface area contributed by atoms with E-state index in [-0.39, 0.29) is 13.0 Å². The van der Waals surface area contributed by atoms with Crippen molar-refractivity contribution in [2.45, 2.75) is 19.0 Å². The van der Waals surface area contributed by atoms with Gasteiger partial charge >= 0.3 is 11.7 Å². The quantitative estimate of drug-likeness (QED) is 0.592. The van der Waals surface area contributed by atoms with Gasteiger partial charge in [0.05, 0.1) is 0 Å². The predicted molar refractivity (Wildman–Crippen MR) is 70.7 cm³/mol. The fourth-order valence-electron chi connectivity index (χ4n) is 1.83. The number of amides is 1. The molecule has 0 aliphatic carbocycles. The molecule has 21 heavy (non-hydrogen) atoms. The zero-order chi connectivity index (χ0) is 15.4. The molecule has 0 bridgehead atoms. The number of hydrogen-bond acceptors (Lipinski definition) is 5. The van der Waals surface area contributed by atoms with Crippen molar-refractivity contribution in [1.82, 2.24) is 19.5 Å². The lowest BCUT2D eigenvalue weighted by atomic mass is 10.2. The molecule has 9 nitrogen and oxygen atoms in total. The number of carboxylic acid groups (broad SMARTS) is 1. The second-order valence-corrected chi connectivity index (χ2v) is 4.34. The van der Waals surface area contributed by atoms with E-state index in [4.69, 9.17) is 10.2 Å². The molecule has 0 aliphatic rings. The number of aliphatic carboxylic acids is 1. The van der Waals surface area contributed by atoms with E-state index in [0.29, 0.717) is 5.65 Å². The van der Waals surface area contributed by atoms with Gasteiger partial charge in [-0.3, -0.25) is 9.20 Å². The van der Waals surface area contributed by atoms with E-state index >= 15 is 0 Å². The van der Waals surface area contributed by atoms with Gasteiger partial charge in [0.25, 0.3) is 0 Å². The van der Waals surface area contributed by atoms with Crippen molar-refractivity contribution in [1.29, 1.82) is 0 Å². The fraction of sp³-hybridized carbons (Fsp3) is 0.333. The number of pyridine rings is 1. The van der Waals surface area contributed by atoms with Crippen molar-refractivity contribution < 1.29 is 19.8 Å². The minimum Gasteiger partial charge on any atom is -0.480 e. The Morgan fingerprint density at radius 2 is 2.14 bits per heavy atom. The van der Waals surface area contributed by atoms with Crippen LogP contribution in [0.1, 0.15) is 6.42 Å². The summed E-state index contributed by atoms with van der Waals surface area (Å²) in [5, 5.41) is 23.8. The van der Waals surface area contributed by atoms with Gasteiger partial charge in [0, 0.05) is 19.2 Å². The van der Waals surface area contributed by atoms with E-state index in [2.05, 4.69) is 10.4 Å². The second kappa shape index (κ2) is 6.18. The maximum Gasteiger partial charge on any atom is 0.350 e. The molecule has 0 radical (unpaired) electrons. The van der Waals surface area contributed by atoms with Crippen LogP contribution in [0.3, 0.4) is 0 Å². The van der Waals surface area contributed by atoms with Crippen LogP contribution in [0, 0.1) is 0 Å². The smallest absolute Gasteiger partial charge is 0.350 e. The van der Waals surface area contributed by atoms with Crippen LogP contribution < -0.4 is 11.0 Å². The largest absolute Gasteiger partial charge is 0.480 e. The molecule has 2 heterocycles. The van der Waals surface area contributed by atoms with Crippen LogP contribution in [-0.4, -0.2) is 48.9 Å². The molecule has 0 aliphatic heterocycles. The zero-order valence-corrected chi connectivity index (χ0v) is 11.0. The Morgan fingerprint density at radius 1 is 1.38 bits per heavy atom. The molecule has 0 spiro atoms. The third-order valence-electron chi connectivity index (χ3n) is 2.83. The van der Waals surface area contributed by atoms with E-state index in [1.54, 1.807) is 18.2 Å². The number of nitrogens with one attached hydrogen (secondary N) is 1. The number of carbonyl (C=O) groups excluding carboxylic acids is 1. The normalized spacial score (nSPS) is 12.2. The van der Waals surface area contributed by atoms with Crippen LogP contribution in [0.5, 0.6) is 0 Å². The van der Waals surface area contributed by atoms with E-state index in [9.17, 15) is 14.4 Å². The van der Waals surface area contributed by atoms with Crippen LogP contribution in [0.15, 0.2) is 29.2 Å². The standard InChI is InChI=1S/C12H14N4O5/c17-6-4-8(11(19)20)13-10(18)7-16-12(21)15-5-2-1-3-9(15)14-16/h1-3,5,8,17H,4,6-7H2,(H,13,18)(H,19,20)/t8-/m0/s1.